The second kappa shape index (κ2) is 8.17. The maximum absolute atomic E-state index is 12.6. The van der Waals surface area contributed by atoms with Crippen LogP contribution in [0, 0.1) is 0 Å². The van der Waals surface area contributed by atoms with Crippen LogP contribution < -0.4 is 10.6 Å². The van der Waals surface area contributed by atoms with Crippen LogP contribution in [0.5, 0.6) is 0 Å². The van der Waals surface area contributed by atoms with Gasteiger partial charge in [0.2, 0.25) is 5.91 Å². The van der Waals surface area contributed by atoms with Crippen molar-refractivity contribution in [3.8, 4) is 0 Å². The second-order valence-corrected chi connectivity index (χ2v) is 6.78. The van der Waals surface area contributed by atoms with Crippen molar-refractivity contribution in [1.29, 1.82) is 0 Å². The Morgan fingerprint density at radius 2 is 1.64 bits per heavy atom. The number of likely N-dealkylation sites (tertiary alicyclic amines) is 1. The molecule has 1 aliphatic heterocycles. The number of rotatable bonds is 5. The maximum atomic E-state index is 12.6. The Balaban J connectivity index is 1.51. The molecule has 1 saturated heterocycles. The number of nitrogens with zero attached hydrogens (tertiary/aromatic N) is 2. The Morgan fingerprint density at radius 3 is 2.24 bits per heavy atom. The minimum atomic E-state index is -0.224. The van der Waals surface area contributed by atoms with E-state index in [0.29, 0.717) is 12.5 Å². The van der Waals surface area contributed by atoms with Crippen LogP contribution in [-0.4, -0.2) is 37.0 Å². The molecule has 0 aromatic heterocycles. The van der Waals surface area contributed by atoms with Crippen LogP contribution >= 0.6 is 0 Å². The van der Waals surface area contributed by atoms with Crippen LogP contribution in [0.2, 0.25) is 0 Å². The average molecular weight is 337 g/mol. The van der Waals surface area contributed by atoms with Crippen LogP contribution in [0.1, 0.15) is 30.9 Å². The van der Waals surface area contributed by atoms with E-state index < -0.39 is 0 Å². The maximum Gasteiger partial charge on any atom is 0.224 e. The molecular weight excluding hydrogens is 310 g/mol. The first-order chi connectivity index (χ1) is 12.1. The van der Waals surface area contributed by atoms with E-state index in [2.05, 4.69) is 36.2 Å². The molecule has 1 heterocycles. The standard InChI is InChI=1S/C21H27N3O/c1-23(18-10-6-3-7-11-18)19-12-14-24(15-13-19)21(25)16-20(22)17-8-4-2-5-9-17/h2-11,19-20H,12-16,22H2,1H3. The summed E-state index contributed by atoms with van der Waals surface area (Å²) in [6, 6.07) is 20.6. The van der Waals surface area contributed by atoms with Crippen LogP contribution in [0.15, 0.2) is 60.7 Å². The van der Waals surface area contributed by atoms with Crippen molar-refractivity contribution in [1.82, 2.24) is 4.90 Å². The van der Waals surface area contributed by atoms with Gasteiger partial charge >= 0.3 is 0 Å². The minimum absolute atomic E-state index is 0.164. The molecule has 0 aliphatic carbocycles. The fourth-order valence-corrected chi connectivity index (χ4v) is 3.51. The monoisotopic (exact) mass is 337 g/mol. The molecule has 3 rings (SSSR count). The van der Waals surface area contributed by atoms with Crippen LogP contribution in [-0.2, 0) is 4.79 Å². The first kappa shape index (κ1) is 17.5. The summed E-state index contributed by atoms with van der Waals surface area (Å²) in [5, 5.41) is 0. The third kappa shape index (κ3) is 4.40. The summed E-state index contributed by atoms with van der Waals surface area (Å²) >= 11 is 0. The van der Waals surface area contributed by atoms with Gasteiger partial charge in [0.1, 0.15) is 0 Å². The van der Waals surface area contributed by atoms with Gasteiger partial charge in [0, 0.05) is 44.3 Å². The van der Waals surface area contributed by atoms with Crippen molar-refractivity contribution < 1.29 is 4.79 Å². The third-order valence-corrected chi connectivity index (χ3v) is 5.15. The van der Waals surface area contributed by atoms with E-state index in [1.807, 2.05) is 41.3 Å². The number of nitrogens with two attached hydrogens (primary N) is 1. The van der Waals surface area contributed by atoms with Gasteiger partial charge in [-0.2, -0.15) is 0 Å². The van der Waals surface area contributed by atoms with Gasteiger partial charge in [0.05, 0.1) is 0 Å². The van der Waals surface area contributed by atoms with Gasteiger partial charge in [-0.25, -0.2) is 0 Å². The molecule has 2 N–H and O–H groups in total. The summed E-state index contributed by atoms with van der Waals surface area (Å²) in [6.45, 7) is 1.62. The van der Waals surface area contributed by atoms with E-state index in [-0.39, 0.29) is 11.9 Å². The Kier molecular flexibility index (Phi) is 5.71. The van der Waals surface area contributed by atoms with Gasteiger partial charge in [-0.05, 0) is 30.5 Å². The van der Waals surface area contributed by atoms with Gasteiger partial charge < -0.3 is 15.5 Å². The predicted octanol–water partition coefficient (Wildman–Crippen LogP) is 3.20. The van der Waals surface area contributed by atoms with Crippen molar-refractivity contribution >= 4 is 11.6 Å². The van der Waals surface area contributed by atoms with E-state index in [9.17, 15) is 4.79 Å². The molecule has 132 valence electrons. The van der Waals surface area contributed by atoms with Crippen molar-refractivity contribution in [2.75, 3.05) is 25.0 Å². The van der Waals surface area contributed by atoms with E-state index in [1.165, 1.54) is 5.69 Å². The van der Waals surface area contributed by atoms with E-state index >= 15 is 0 Å². The van der Waals surface area contributed by atoms with Gasteiger partial charge in [-0.15, -0.1) is 0 Å². The van der Waals surface area contributed by atoms with Crippen LogP contribution in [0.4, 0.5) is 5.69 Å². The molecule has 2 aromatic rings. The summed E-state index contributed by atoms with van der Waals surface area (Å²) < 4.78 is 0. The first-order valence-electron chi connectivity index (χ1n) is 9.01. The zero-order chi connectivity index (χ0) is 17.6. The Bertz CT molecular complexity index is 666. The van der Waals surface area contributed by atoms with Crippen molar-refractivity contribution in [2.24, 2.45) is 5.73 Å². The summed E-state index contributed by atoms with van der Waals surface area (Å²) in [4.78, 5) is 16.9. The lowest BCUT2D eigenvalue weighted by Crippen LogP contribution is -2.46. The zero-order valence-electron chi connectivity index (χ0n) is 14.8. The highest BCUT2D eigenvalue weighted by atomic mass is 16.2. The number of benzene rings is 2. The van der Waals surface area contributed by atoms with Crippen molar-refractivity contribution in [3.05, 3.63) is 66.2 Å². The summed E-state index contributed by atoms with van der Waals surface area (Å²) in [6.07, 6.45) is 2.37. The Hall–Kier alpha value is -2.33. The van der Waals surface area contributed by atoms with E-state index in [0.717, 1.165) is 31.5 Å². The smallest absolute Gasteiger partial charge is 0.224 e. The highest BCUT2D eigenvalue weighted by Crippen LogP contribution is 2.23. The highest BCUT2D eigenvalue weighted by molar-refractivity contribution is 5.77. The van der Waals surface area contributed by atoms with Crippen LogP contribution in [0.3, 0.4) is 0 Å². The van der Waals surface area contributed by atoms with E-state index in [4.69, 9.17) is 5.73 Å². The Morgan fingerprint density at radius 1 is 1.08 bits per heavy atom. The SMILES string of the molecule is CN(c1ccccc1)C1CCN(C(=O)CC(N)c2ccccc2)CC1. The largest absolute Gasteiger partial charge is 0.371 e. The average Bonchev–Trinajstić information content (AvgIpc) is 2.69. The lowest BCUT2D eigenvalue weighted by Gasteiger charge is -2.38. The molecule has 1 amide bonds. The molecule has 1 atom stereocenters. The van der Waals surface area contributed by atoms with E-state index in [1.54, 1.807) is 0 Å². The topological polar surface area (TPSA) is 49.6 Å². The molecule has 1 aliphatic rings. The molecule has 4 nitrogen and oxygen atoms in total. The summed E-state index contributed by atoms with van der Waals surface area (Å²) in [5.74, 6) is 0.164. The fraction of sp³-hybridized carbons (Fsp3) is 0.381. The molecule has 0 spiro atoms. The number of carbonyl (C=O) groups is 1. The number of carbonyl (C=O) groups excluding carboxylic acids is 1. The number of piperidine rings is 1. The second-order valence-electron chi connectivity index (χ2n) is 6.78. The summed E-state index contributed by atoms with van der Waals surface area (Å²) in [5.41, 5.74) is 8.46. The molecule has 4 heteroatoms. The van der Waals surface area contributed by atoms with Crippen molar-refractivity contribution in [3.63, 3.8) is 0 Å². The third-order valence-electron chi connectivity index (χ3n) is 5.15. The van der Waals surface area contributed by atoms with Gasteiger partial charge in [0.15, 0.2) is 0 Å². The highest BCUT2D eigenvalue weighted by Gasteiger charge is 2.26. The molecular formula is C21H27N3O. The van der Waals surface area contributed by atoms with Crippen LogP contribution in [0.25, 0.3) is 0 Å². The number of hydrogen-bond donors (Lipinski definition) is 1. The quantitative estimate of drug-likeness (QED) is 0.911. The molecule has 1 fully saturated rings. The molecule has 0 bridgehead atoms. The lowest BCUT2D eigenvalue weighted by molar-refractivity contribution is -0.132. The number of hydrogen-bond acceptors (Lipinski definition) is 3. The predicted molar refractivity (Wildman–Crippen MR) is 102 cm³/mol. The molecule has 0 saturated carbocycles. The Labute approximate surface area is 150 Å². The van der Waals surface area contributed by atoms with Crippen molar-refractivity contribution in [2.45, 2.75) is 31.3 Å². The zero-order valence-corrected chi connectivity index (χ0v) is 14.8. The number of anilines is 1. The lowest BCUT2D eigenvalue weighted by atomic mass is 10.0. The molecule has 2 aromatic carbocycles. The molecule has 1 unspecified atom stereocenters. The minimum Gasteiger partial charge on any atom is -0.371 e. The number of para-hydroxylation sites is 1. The van der Waals surface area contributed by atoms with Gasteiger partial charge in [0.25, 0.3) is 0 Å². The molecule has 0 radical (unpaired) electrons. The number of amides is 1. The normalized spacial score (nSPS) is 16.5. The fourth-order valence-electron chi connectivity index (χ4n) is 3.51. The van der Waals surface area contributed by atoms with Gasteiger partial charge in [-0.3, -0.25) is 4.79 Å². The summed E-state index contributed by atoms with van der Waals surface area (Å²) in [7, 11) is 2.14. The molecule has 25 heavy (non-hydrogen) atoms. The van der Waals surface area contributed by atoms with Gasteiger partial charge in [-0.1, -0.05) is 48.5 Å². The first-order valence-corrected chi connectivity index (χ1v) is 9.01.